The van der Waals surface area contributed by atoms with Gasteiger partial charge in [0.25, 0.3) is 5.91 Å². The van der Waals surface area contributed by atoms with Gasteiger partial charge in [0.1, 0.15) is 0 Å². The number of benzene rings is 1. The van der Waals surface area contributed by atoms with Gasteiger partial charge in [0.15, 0.2) is 0 Å². The summed E-state index contributed by atoms with van der Waals surface area (Å²) in [6, 6.07) is 4.67. The summed E-state index contributed by atoms with van der Waals surface area (Å²) in [6.07, 6.45) is 1.78. The lowest BCUT2D eigenvalue weighted by Gasteiger charge is -2.39. The van der Waals surface area contributed by atoms with Gasteiger partial charge in [-0.1, -0.05) is 30.1 Å². The molecule has 1 atom stereocenters. The van der Waals surface area contributed by atoms with Crippen LogP contribution in [0.5, 0.6) is 0 Å². The van der Waals surface area contributed by atoms with E-state index in [2.05, 4.69) is 0 Å². The predicted octanol–water partition coefficient (Wildman–Crippen LogP) is 3.71. The number of likely N-dealkylation sites (tertiary alicyclic amines) is 1. The lowest BCUT2D eigenvalue weighted by atomic mass is 9.77. The van der Waals surface area contributed by atoms with E-state index in [9.17, 15) is 14.7 Å². The fraction of sp³-hybridized carbons (Fsp3) is 0.467. The highest BCUT2D eigenvalue weighted by atomic mass is 35.5. The minimum atomic E-state index is -0.851. The lowest BCUT2D eigenvalue weighted by molar-refractivity contribution is -0.152. The molecule has 1 fully saturated rings. The summed E-state index contributed by atoms with van der Waals surface area (Å²) in [5.41, 5.74) is -0.458. The third-order valence-corrected chi connectivity index (χ3v) is 4.54. The standard InChI is InChI=1S/C15H17Cl2NO3/c1-2-15(14(20)21)4-3-5-18(9-15)13(19)10-6-11(16)8-12(17)7-10/h6-8H,2-5,9H2,1H3,(H,20,21). The van der Waals surface area contributed by atoms with Crippen molar-refractivity contribution in [3.05, 3.63) is 33.8 Å². The quantitative estimate of drug-likeness (QED) is 0.919. The van der Waals surface area contributed by atoms with Gasteiger partial charge in [0, 0.05) is 28.7 Å². The molecule has 0 aromatic heterocycles. The van der Waals surface area contributed by atoms with Gasteiger partial charge in [-0.3, -0.25) is 9.59 Å². The van der Waals surface area contributed by atoms with Gasteiger partial charge in [-0.2, -0.15) is 0 Å². The first-order valence-corrected chi connectivity index (χ1v) is 7.62. The van der Waals surface area contributed by atoms with Gasteiger partial charge < -0.3 is 10.0 Å². The van der Waals surface area contributed by atoms with Crippen molar-refractivity contribution in [1.82, 2.24) is 4.90 Å². The zero-order valence-electron chi connectivity index (χ0n) is 11.7. The first-order chi connectivity index (χ1) is 9.88. The van der Waals surface area contributed by atoms with Crippen molar-refractivity contribution in [3.63, 3.8) is 0 Å². The highest BCUT2D eigenvalue weighted by Crippen LogP contribution is 2.34. The van der Waals surface area contributed by atoms with Gasteiger partial charge in [-0.25, -0.2) is 0 Å². The lowest BCUT2D eigenvalue weighted by Crippen LogP contribution is -2.49. The number of carboxylic acids is 1. The number of nitrogens with zero attached hydrogens (tertiary/aromatic N) is 1. The largest absolute Gasteiger partial charge is 0.481 e. The van der Waals surface area contributed by atoms with Crippen LogP contribution in [-0.2, 0) is 4.79 Å². The number of amides is 1. The highest BCUT2D eigenvalue weighted by molar-refractivity contribution is 6.35. The molecule has 1 aliphatic rings. The molecule has 0 bridgehead atoms. The molecule has 21 heavy (non-hydrogen) atoms. The second-order valence-corrected chi connectivity index (χ2v) is 6.30. The number of carbonyl (C=O) groups is 2. The minimum absolute atomic E-state index is 0.224. The van der Waals surface area contributed by atoms with Crippen molar-refractivity contribution < 1.29 is 14.7 Å². The van der Waals surface area contributed by atoms with Crippen molar-refractivity contribution >= 4 is 35.1 Å². The smallest absolute Gasteiger partial charge is 0.311 e. The van der Waals surface area contributed by atoms with Crippen LogP contribution >= 0.6 is 23.2 Å². The van der Waals surface area contributed by atoms with Gasteiger partial charge >= 0.3 is 5.97 Å². The maximum Gasteiger partial charge on any atom is 0.311 e. The van der Waals surface area contributed by atoms with Gasteiger partial charge in [0.2, 0.25) is 0 Å². The second kappa shape index (κ2) is 6.24. The van der Waals surface area contributed by atoms with E-state index in [1.54, 1.807) is 23.1 Å². The van der Waals surface area contributed by atoms with E-state index in [0.29, 0.717) is 41.4 Å². The molecule has 1 saturated heterocycles. The summed E-state index contributed by atoms with van der Waals surface area (Å²) in [7, 11) is 0. The van der Waals surface area contributed by atoms with Crippen molar-refractivity contribution in [2.24, 2.45) is 5.41 Å². The molecule has 0 aliphatic carbocycles. The van der Waals surface area contributed by atoms with E-state index in [1.165, 1.54) is 0 Å². The van der Waals surface area contributed by atoms with Crippen molar-refractivity contribution in [2.45, 2.75) is 26.2 Å². The Labute approximate surface area is 133 Å². The van der Waals surface area contributed by atoms with Gasteiger partial charge in [0.05, 0.1) is 5.41 Å². The highest BCUT2D eigenvalue weighted by Gasteiger charge is 2.42. The van der Waals surface area contributed by atoms with E-state index in [1.807, 2.05) is 6.92 Å². The molecule has 2 rings (SSSR count). The Morgan fingerprint density at radius 3 is 2.43 bits per heavy atom. The molecule has 1 aromatic rings. The summed E-state index contributed by atoms with van der Waals surface area (Å²) in [4.78, 5) is 25.7. The molecule has 1 unspecified atom stereocenters. The van der Waals surface area contributed by atoms with E-state index >= 15 is 0 Å². The molecule has 1 amide bonds. The Morgan fingerprint density at radius 2 is 1.90 bits per heavy atom. The van der Waals surface area contributed by atoms with Crippen molar-refractivity contribution in [3.8, 4) is 0 Å². The first-order valence-electron chi connectivity index (χ1n) is 6.87. The summed E-state index contributed by atoms with van der Waals surface area (Å²) in [5, 5.41) is 10.2. The summed E-state index contributed by atoms with van der Waals surface area (Å²) in [6.45, 7) is 2.62. The van der Waals surface area contributed by atoms with Crippen LogP contribution in [0.2, 0.25) is 10.0 Å². The van der Waals surface area contributed by atoms with Crippen LogP contribution in [0.4, 0.5) is 0 Å². The molecule has 1 heterocycles. The maximum absolute atomic E-state index is 12.5. The topological polar surface area (TPSA) is 57.6 Å². The molecule has 1 aliphatic heterocycles. The third kappa shape index (κ3) is 3.33. The average molecular weight is 330 g/mol. The number of halogens is 2. The third-order valence-electron chi connectivity index (χ3n) is 4.10. The van der Waals surface area contributed by atoms with Crippen LogP contribution < -0.4 is 0 Å². The van der Waals surface area contributed by atoms with Crippen LogP contribution in [0, 0.1) is 5.41 Å². The molecular formula is C15H17Cl2NO3. The fourth-order valence-corrected chi connectivity index (χ4v) is 3.31. The summed E-state index contributed by atoms with van der Waals surface area (Å²) >= 11 is 11.8. The Balaban J connectivity index is 2.25. The Kier molecular flexibility index (Phi) is 4.79. The number of carboxylic acid groups (broad SMARTS) is 1. The first kappa shape index (κ1) is 16.1. The second-order valence-electron chi connectivity index (χ2n) is 5.43. The number of aliphatic carboxylic acids is 1. The van der Waals surface area contributed by atoms with Crippen LogP contribution in [0.3, 0.4) is 0 Å². The molecule has 0 radical (unpaired) electrons. The molecule has 1 aromatic carbocycles. The fourth-order valence-electron chi connectivity index (χ4n) is 2.78. The van der Waals surface area contributed by atoms with Gasteiger partial charge in [-0.05, 0) is 37.5 Å². The SMILES string of the molecule is CCC1(C(=O)O)CCCN(C(=O)c2cc(Cl)cc(Cl)c2)C1. The van der Waals surface area contributed by atoms with Crippen LogP contribution in [0.1, 0.15) is 36.5 Å². The average Bonchev–Trinajstić information content (AvgIpc) is 2.45. The summed E-state index contributed by atoms with van der Waals surface area (Å²) < 4.78 is 0. The van der Waals surface area contributed by atoms with E-state index in [4.69, 9.17) is 23.2 Å². The zero-order chi connectivity index (χ0) is 15.6. The number of rotatable bonds is 3. The number of hydrogen-bond acceptors (Lipinski definition) is 2. The van der Waals surface area contributed by atoms with E-state index < -0.39 is 11.4 Å². The van der Waals surface area contributed by atoms with Gasteiger partial charge in [-0.15, -0.1) is 0 Å². The number of hydrogen-bond donors (Lipinski definition) is 1. The molecule has 4 nitrogen and oxygen atoms in total. The van der Waals surface area contributed by atoms with Crippen LogP contribution in [0.15, 0.2) is 18.2 Å². The normalized spacial score (nSPS) is 22.1. The Morgan fingerprint density at radius 1 is 1.29 bits per heavy atom. The minimum Gasteiger partial charge on any atom is -0.481 e. The molecule has 0 saturated carbocycles. The molecule has 0 spiro atoms. The van der Waals surface area contributed by atoms with Crippen LogP contribution in [0.25, 0.3) is 0 Å². The molecular weight excluding hydrogens is 313 g/mol. The Bertz CT molecular complexity index is 556. The maximum atomic E-state index is 12.5. The molecule has 114 valence electrons. The molecule has 1 N–H and O–H groups in total. The van der Waals surface area contributed by atoms with Crippen molar-refractivity contribution in [1.29, 1.82) is 0 Å². The summed E-state index contributed by atoms with van der Waals surface area (Å²) in [5.74, 6) is -1.06. The van der Waals surface area contributed by atoms with E-state index in [0.717, 1.165) is 0 Å². The molecule has 6 heteroatoms. The van der Waals surface area contributed by atoms with Crippen molar-refractivity contribution in [2.75, 3.05) is 13.1 Å². The predicted molar refractivity (Wildman–Crippen MR) is 82.0 cm³/mol. The van der Waals surface area contributed by atoms with Crippen LogP contribution in [-0.4, -0.2) is 35.0 Å². The zero-order valence-corrected chi connectivity index (χ0v) is 13.2. The Hall–Kier alpha value is -1.26. The number of piperidine rings is 1. The monoisotopic (exact) mass is 329 g/mol. The number of carbonyl (C=O) groups excluding carboxylic acids is 1. The van der Waals surface area contributed by atoms with E-state index in [-0.39, 0.29) is 12.5 Å².